The minimum Gasteiger partial charge on any atom is -0.374 e. The molecule has 0 radical (unpaired) electrons. The number of fused-ring (bicyclic) bond motifs is 2. The highest BCUT2D eigenvalue weighted by Gasteiger charge is 2.23. The van der Waals surface area contributed by atoms with E-state index in [9.17, 15) is 0 Å². The molecule has 0 amide bonds. The first-order valence-electron chi connectivity index (χ1n) is 9.00. The number of thioether (sulfide) groups is 1. The Morgan fingerprint density at radius 3 is 2.35 bits per heavy atom. The van der Waals surface area contributed by atoms with Gasteiger partial charge >= 0.3 is 0 Å². The van der Waals surface area contributed by atoms with E-state index >= 15 is 0 Å². The van der Waals surface area contributed by atoms with E-state index in [0.29, 0.717) is 0 Å². The zero-order valence-corrected chi connectivity index (χ0v) is 16.1. The van der Waals surface area contributed by atoms with Crippen molar-refractivity contribution in [2.45, 2.75) is 23.2 Å². The molecule has 3 aromatic rings. The Balaban J connectivity index is 1.69. The van der Waals surface area contributed by atoms with Gasteiger partial charge in [0.15, 0.2) is 0 Å². The standard InChI is InChI=1S/C23H24N2S/c1-25(2)15-17-11-13-19(14-12-17)24-23-20-8-4-3-7-18(20)16-26-22-10-6-5-9-21(22)23/h3-14,23-24H,15-16H2,1-2H3/t23-/m1/s1. The third-order valence-corrected chi connectivity index (χ3v) is 5.88. The monoisotopic (exact) mass is 360 g/mol. The Kier molecular flexibility index (Phi) is 5.00. The van der Waals surface area contributed by atoms with Gasteiger partial charge in [-0.25, -0.2) is 0 Å². The average molecular weight is 361 g/mol. The summed E-state index contributed by atoms with van der Waals surface area (Å²) in [6.07, 6.45) is 0. The first-order chi connectivity index (χ1) is 12.7. The Labute approximate surface area is 160 Å². The lowest BCUT2D eigenvalue weighted by Crippen LogP contribution is -2.14. The fourth-order valence-electron chi connectivity index (χ4n) is 3.51. The van der Waals surface area contributed by atoms with Crippen LogP contribution in [0.25, 0.3) is 0 Å². The van der Waals surface area contributed by atoms with Crippen molar-refractivity contribution in [2.24, 2.45) is 0 Å². The molecule has 0 spiro atoms. The second-order valence-electron chi connectivity index (χ2n) is 7.04. The molecule has 0 saturated heterocycles. The van der Waals surface area contributed by atoms with Crippen LogP contribution in [0.3, 0.4) is 0 Å². The van der Waals surface area contributed by atoms with Crippen molar-refractivity contribution < 1.29 is 0 Å². The average Bonchev–Trinajstić information content (AvgIpc) is 2.81. The van der Waals surface area contributed by atoms with Gasteiger partial charge in [0.2, 0.25) is 0 Å². The second-order valence-corrected chi connectivity index (χ2v) is 8.05. The maximum Gasteiger partial charge on any atom is 0.0781 e. The first-order valence-corrected chi connectivity index (χ1v) is 9.99. The van der Waals surface area contributed by atoms with Crippen molar-refractivity contribution in [1.29, 1.82) is 0 Å². The molecule has 0 aliphatic carbocycles. The molecule has 0 unspecified atom stereocenters. The molecule has 0 bridgehead atoms. The van der Waals surface area contributed by atoms with Crippen molar-refractivity contribution in [3.63, 3.8) is 0 Å². The highest BCUT2D eigenvalue weighted by Crippen LogP contribution is 2.40. The lowest BCUT2D eigenvalue weighted by molar-refractivity contribution is 0.402. The summed E-state index contributed by atoms with van der Waals surface area (Å²) in [6.45, 7) is 0.964. The third-order valence-electron chi connectivity index (χ3n) is 4.74. The van der Waals surface area contributed by atoms with Crippen LogP contribution < -0.4 is 5.32 Å². The molecule has 1 atom stereocenters. The molecular formula is C23H24N2S. The van der Waals surface area contributed by atoms with Crippen LogP contribution in [0, 0.1) is 0 Å². The van der Waals surface area contributed by atoms with Crippen LogP contribution in [0.15, 0.2) is 77.7 Å². The molecule has 132 valence electrons. The number of rotatable bonds is 4. The third kappa shape index (κ3) is 3.64. The van der Waals surface area contributed by atoms with E-state index in [0.717, 1.165) is 18.0 Å². The molecule has 0 fully saturated rings. The lowest BCUT2D eigenvalue weighted by atomic mass is 9.94. The molecule has 0 saturated carbocycles. The Hall–Kier alpha value is -2.23. The summed E-state index contributed by atoms with van der Waals surface area (Å²) in [4.78, 5) is 3.56. The predicted molar refractivity (Wildman–Crippen MR) is 112 cm³/mol. The van der Waals surface area contributed by atoms with Gasteiger partial charge in [0.25, 0.3) is 0 Å². The summed E-state index contributed by atoms with van der Waals surface area (Å²) in [5.74, 6) is 1.02. The minimum absolute atomic E-state index is 0.178. The van der Waals surface area contributed by atoms with Gasteiger partial charge in [-0.15, -0.1) is 11.8 Å². The van der Waals surface area contributed by atoms with Crippen LogP contribution in [0.4, 0.5) is 5.69 Å². The number of anilines is 1. The van der Waals surface area contributed by atoms with E-state index in [-0.39, 0.29) is 6.04 Å². The molecule has 0 aromatic heterocycles. The number of nitrogens with zero attached hydrogens (tertiary/aromatic N) is 1. The Morgan fingerprint density at radius 2 is 1.58 bits per heavy atom. The summed E-state index contributed by atoms with van der Waals surface area (Å²) in [5.41, 5.74) is 6.64. The van der Waals surface area contributed by atoms with Crippen LogP contribution in [0.2, 0.25) is 0 Å². The van der Waals surface area contributed by atoms with Gasteiger partial charge in [-0.2, -0.15) is 0 Å². The van der Waals surface area contributed by atoms with Crippen molar-refractivity contribution in [3.05, 3.63) is 95.1 Å². The van der Waals surface area contributed by atoms with Crippen LogP contribution >= 0.6 is 11.8 Å². The highest BCUT2D eigenvalue weighted by atomic mass is 32.2. The van der Waals surface area contributed by atoms with Crippen molar-refractivity contribution in [2.75, 3.05) is 19.4 Å². The van der Waals surface area contributed by atoms with Gasteiger partial charge in [0.05, 0.1) is 6.04 Å². The van der Waals surface area contributed by atoms with Crippen molar-refractivity contribution in [3.8, 4) is 0 Å². The Bertz CT molecular complexity index is 839. The van der Waals surface area contributed by atoms with Crippen LogP contribution in [-0.2, 0) is 12.3 Å². The van der Waals surface area contributed by atoms with E-state index in [1.165, 1.54) is 27.1 Å². The molecule has 1 N–H and O–H groups in total. The number of benzene rings is 3. The fraction of sp³-hybridized carbons (Fsp3) is 0.217. The van der Waals surface area contributed by atoms with Gasteiger partial charge in [0, 0.05) is 22.9 Å². The van der Waals surface area contributed by atoms with Gasteiger partial charge in [-0.3, -0.25) is 0 Å². The molecule has 26 heavy (non-hydrogen) atoms. The number of hydrogen-bond acceptors (Lipinski definition) is 3. The van der Waals surface area contributed by atoms with Crippen molar-refractivity contribution in [1.82, 2.24) is 4.90 Å². The molecule has 2 nitrogen and oxygen atoms in total. The number of hydrogen-bond donors (Lipinski definition) is 1. The van der Waals surface area contributed by atoms with Crippen LogP contribution in [-0.4, -0.2) is 19.0 Å². The molecule has 4 rings (SSSR count). The molecular weight excluding hydrogens is 336 g/mol. The molecule has 1 aliphatic rings. The summed E-state index contributed by atoms with van der Waals surface area (Å²) >= 11 is 1.93. The molecule has 3 aromatic carbocycles. The number of nitrogens with one attached hydrogen (secondary N) is 1. The molecule has 1 heterocycles. The predicted octanol–water partition coefficient (Wildman–Crippen LogP) is 5.56. The Morgan fingerprint density at radius 1 is 0.885 bits per heavy atom. The van der Waals surface area contributed by atoms with Gasteiger partial charge in [0.1, 0.15) is 0 Å². The maximum absolute atomic E-state index is 3.79. The largest absolute Gasteiger partial charge is 0.374 e. The zero-order chi connectivity index (χ0) is 17.9. The SMILES string of the molecule is CN(C)Cc1ccc(N[C@@H]2c3ccccc3CSc3ccccc32)cc1. The second kappa shape index (κ2) is 7.56. The normalized spacial score (nSPS) is 15.9. The van der Waals surface area contributed by atoms with Crippen LogP contribution in [0.1, 0.15) is 28.3 Å². The smallest absolute Gasteiger partial charge is 0.0781 e. The van der Waals surface area contributed by atoms with E-state index in [4.69, 9.17) is 0 Å². The van der Waals surface area contributed by atoms with Gasteiger partial charge in [-0.05, 0) is 54.5 Å². The topological polar surface area (TPSA) is 15.3 Å². The van der Waals surface area contributed by atoms with E-state index < -0.39 is 0 Å². The van der Waals surface area contributed by atoms with Crippen LogP contribution in [0.5, 0.6) is 0 Å². The van der Waals surface area contributed by atoms with E-state index in [1.807, 2.05) is 11.8 Å². The summed E-state index contributed by atoms with van der Waals surface area (Å²) in [5, 5.41) is 3.79. The summed E-state index contributed by atoms with van der Waals surface area (Å²) in [7, 11) is 4.20. The minimum atomic E-state index is 0.178. The van der Waals surface area contributed by atoms with Gasteiger partial charge < -0.3 is 10.2 Å². The molecule has 1 aliphatic heterocycles. The van der Waals surface area contributed by atoms with E-state index in [1.54, 1.807) is 0 Å². The summed E-state index contributed by atoms with van der Waals surface area (Å²) < 4.78 is 0. The van der Waals surface area contributed by atoms with Crippen molar-refractivity contribution >= 4 is 17.4 Å². The van der Waals surface area contributed by atoms with E-state index in [2.05, 4.69) is 97.1 Å². The fourth-order valence-corrected chi connectivity index (χ4v) is 4.62. The molecule has 3 heteroatoms. The highest BCUT2D eigenvalue weighted by molar-refractivity contribution is 7.98. The lowest BCUT2D eigenvalue weighted by Gasteiger charge is -2.23. The quantitative estimate of drug-likeness (QED) is 0.656. The maximum atomic E-state index is 3.79. The summed E-state index contributed by atoms with van der Waals surface area (Å²) in [6, 6.07) is 26.6. The van der Waals surface area contributed by atoms with Gasteiger partial charge in [-0.1, -0.05) is 54.6 Å². The first kappa shape index (κ1) is 17.2. The zero-order valence-electron chi connectivity index (χ0n) is 15.3.